The van der Waals surface area contributed by atoms with Crippen LogP contribution in [0, 0.1) is 5.41 Å². The highest BCUT2D eigenvalue weighted by molar-refractivity contribution is 7.80. The molecule has 1 N–H and O–H groups in total. The minimum absolute atomic E-state index is 0.604. The van der Waals surface area contributed by atoms with E-state index < -0.39 is 0 Å². The molecule has 0 aliphatic carbocycles. The summed E-state index contributed by atoms with van der Waals surface area (Å²) in [5, 5.41) is 6.26. The third kappa shape index (κ3) is 3.73. The van der Waals surface area contributed by atoms with Gasteiger partial charge in [0.15, 0.2) is 0 Å². The Kier molecular flexibility index (Phi) is 4.52. The molecule has 0 unspecified atom stereocenters. The topological polar surface area (TPSA) is 36.2 Å². The van der Waals surface area contributed by atoms with E-state index in [2.05, 4.69) is 17.6 Å². The fourth-order valence-electron chi connectivity index (χ4n) is 0.106. The summed E-state index contributed by atoms with van der Waals surface area (Å²) in [6, 6.07) is 1.89. The molecule has 0 spiro atoms. The Hall–Kier alpha value is -0.270. The number of hydrogen-bond acceptors (Lipinski definition) is 3. The second-order valence-electron chi connectivity index (χ2n) is 0.717. The first kappa shape index (κ1) is 5.73. The summed E-state index contributed by atoms with van der Waals surface area (Å²) in [6.07, 6.45) is 0. The van der Waals surface area contributed by atoms with Crippen molar-refractivity contribution in [2.45, 2.75) is 0 Å². The van der Waals surface area contributed by atoms with Crippen LogP contribution in [0.5, 0.6) is 0 Å². The van der Waals surface area contributed by atoms with Crippen LogP contribution >= 0.6 is 12.6 Å². The van der Waals surface area contributed by atoms with Crippen LogP contribution in [-0.2, 0) is 0 Å². The second-order valence-corrected chi connectivity index (χ2v) is 1.16. The largest absolute Gasteiger partial charge is 0.242 e. The van der Waals surface area contributed by atoms with Crippen LogP contribution in [0.1, 0.15) is 0 Å². The predicted molar refractivity (Wildman–Crippen MR) is 28.9 cm³/mol. The summed E-state index contributed by atoms with van der Waals surface area (Å²) in [4.78, 5) is 3.43. The Bertz CT molecular complexity index is 65.2. The molecule has 0 aliphatic heterocycles. The molecule has 0 amide bonds. The lowest BCUT2D eigenvalue weighted by molar-refractivity contribution is 1.16. The van der Waals surface area contributed by atoms with Crippen molar-refractivity contribution in [3.8, 4) is 0 Å². The van der Waals surface area contributed by atoms with Crippen LogP contribution < -0.4 is 0 Å². The summed E-state index contributed by atoms with van der Waals surface area (Å²) in [7, 11) is 0. The molecule has 0 atom stereocenters. The molecule has 3 heteroatoms. The molecule has 0 rings (SSSR count). The van der Waals surface area contributed by atoms with Crippen molar-refractivity contribution >= 4 is 18.6 Å². The quantitative estimate of drug-likeness (QED) is 0.380. The number of nitrogens with one attached hydrogen (secondary N) is 1. The van der Waals surface area contributed by atoms with E-state index in [0.29, 0.717) is 12.3 Å². The molecule has 0 bridgehead atoms. The van der Waals surface area contributed by atoms with Crippen LogP contribution in [0.3, 0.4) is 0 Å². The van der Waals surface area contributed by atoms with Crippen molar-refractivity contribution in [3.05, 3.63) is 0 Å². The fourth-order valence-corrected chi connectivity index (χ4v) is 0.206. The molecule has 0 aromatic heterocycles. The van der Waals surface area contributed by atoms with Crippen molar-refractivity contribution < 1.29 is 0 Å². The summed E-state index contributed by atoms with van der Waals surface area (Å²) in [5.41, 5.74) is 0. The molecule has 0 fully saturated rings. The van der Waals surface area contributed by atoms with E-state index in [1.54, 1.807) is 0 Å². The summed E-state index contributed by atoms with van der Waals surface area (Å²) in [6.45, 7) is 0.604. The molecule has 0 saturated carbocycles. The van der Waals surface area contributed by atoms with E-state index in [9.17, 15) is 0 Å². The number of thiol groups is 1. The normalized spacial score (nSPS) is 6.83. The lowest BCUT2D eigenvalue weighted by atomic mass is 10.8. The number of nitrogens with zero attached hydrogens (tertiary/aromatic N) is 1. The van der Waals surface area contributed by atoms with E-state index in [-0.39, 0.29) is 0 Å². The summed E-state index contributed by atoms with van der Waals surface area (Å²) < 4.78 is 0. The standard InChI is InChI=1S/C3H6N2S/c4-3-5-1-2-6/h4,6H,1-2H2. The van der Waals surface area contributed by atoms with Gasteiger partial charge in [-0.1, -0.05) is 0 Å². The summed E-state index contributed by atoms with van der Waals surface area (Å²) >= 11 is 3.84. The van der Waals surface area contributed by atoms with E-state index in [0.717, 1.165) is 0 Å². The number of aliphatic imine (C=N–C) groups is 1. The van der Waals surface area contributed by atoms with E-state index in [1.807, 2.05) is 6.01 Å². The molecular formula is C3H6N2S. The Morgan fingerprint density at radius 1 is 1.83 bits per heavy atom. The second kappa shape index (κ2) is 4.73. The van der Waals surface area contributed by atoms with Crippen LogP contribution in [0.2, 0.25) is 0 Å². The van der Waals surface area contributed by atoms with Gasteiger partial charge < -0.3 is 0 Å². The molecule has 0 aliphatic rings. The molecule has 0 saturated heterocycles. The van der Waals surface area contributed by atoms with Crippen molar-refractivity contribution in [3.63, 3.8) is 0 Å². The Balaban J connectivity index is 2.86. The first-order valence-electron chi connectivity index (χ1n) is 1.61. The zero-order chi connectivity index (χ0) is 4.83. The van der Waals surface area contributed by atoms with Gasteiger partial charge in [-0.3, -0.25) is 0 Å². The maximum atomic E-state index is 6.26. The molecular weight excluding hydrogens is 96.1 g/mol. The predicted octanol–water partition coefficient (Wildman–Crippen LogP) is 0.669. The van der Waals surface area contributed by atoms with Gasteiger partial charge in [-0.05, 0) is 0 Å². The third-order valence-electron chi connectivity index (χ3n) is 0.291. The number of rotatable bonds is 2. The van der Waals surface area contributed by atoms with Gasteiger partial charge >= 0.3 is 0 Å². The first-order valence-corrected chi connectivity index (χ1v) is 2.24. The lowest BCUT2D eigenvalue weighted by Crippen LogP contribution is -1.75. The third-order valence-corrected chi connectivity index (χ3v) is 0.491. The van der Waals surface area contributed by atoms with Gasteiger partial charge in [0.2, 0.25) is 0 Å². The van der Waals surface area contributed by atoms with Gasteiger partial charge in [-0.15, -0.1) is 0 Å². The minimum Gasteiger partial charge on any atom is -0.242 e. The van der Waals surface area contributed by atoms with Gasteiger partial charge in [0, 0.05) is 5.75 Å². The Labute approximate surface area is 42.2 Å². The molecule has 2 nitrogen and oxygen atoms in total. The van der Waals surface area contributed by atoms with Crippen LogP contribution in [0.4, 0.5) is 0 Å². The van der Waals surface area contributed by atoms with Crippen molar-refractivity contribution in [2.24, 2.45) is 4.99 Å². The lowest BCUT2D eigenvalue weighted by Gasteiger charge is -1.72. The number of hydrogen-bond donors (Lipinski definition) is 2. The highest BCUT2D eigenvalue weighted by Gasteiger charge is 1.65. The van der Waals surface area contributed by atoms with Crippen molar-refractivity contribution in [2.75, 3.05) is 12.3 Å². The maximum Gasteiger partial charge on any atom is 0.0862 e. The minimum atomic E-state index is 0.604. The summed E-state index contributed by atoms with van der Waals surface area (Å²) in [5.74, 6) is 0.700. The highest BCUT2D eigenvalue weighted by atomic mass is 32.1. The average molecular weight is 102 g/mol. The molecule has 0 aromatic rings. The Morgan fingerprint density at radius 3 is 2.67 bits per heavy atom. The van der Waals surface area contributed by atoms with Gasteiger partial charge in [0.1, 0.15) is 0 Å². The molecule has 0 radical (unpaired) electrons. The smallest absolute Gasteiger partial charge is 0.0862 e. The van der Waals surface area contributed by atoms with E-state index in [1.165, 1.54) is 0 Å². The van der Waals surface area contributed by atoms with Gasteiger partial charge in [0.05, 0.1) is 12.6 Å². The van der Waals surface area contributed by atoms with Gasteiger partial charge in [-0.2, -0.15) is 12.6 Å². The van der Waals surface area contributed by atoms with Crippen molar-refractivity contribution in [1.82, 2.24) is 0 Å². The highest BCUT2D eigenvalue weighted by Crippen LogP contribution is 1.69. The zero-order valence-electron chi connectivity index (χ0n) is 3.31. The average Bonchev–Trinajstić information content (AvgIpc) is 1.61. The van der Waals surface area contributed by atoms with Crippen LogP contribution in [-0.4, -0.2) is 18.3 Å². The van der Waals surface area contributed by atoms with E-state index in [4.69, 9.17) is 5.41 Å². The molecule has 0 heterocycles. The van der Waals surface area contributed by atoms with Crippen molar-refractivity contribution in [1.29, 1.82) is 5.41 Å². The van der Waals surface area contributed by atoms with Gasteiger partial charge in [0.25, 0.3) is 0 Å². The first-order chi connectivity index (χ1) is 2.91. The monoisotopic (exact) mass is 102 g/mol. The van der Waals surface area contributed by atoms with E-state index >= 15 is 0 Å². The van der Waals surface area contributed by atoms with Crippen LogP contribution in [0.25, 0.3) is 0 Å². The Morgan fingerprint density at radius 2 is 2.50 bits per heavy atom. The van der Waals surface area contributed by atoms with Crippen LogP contribution in [0.15, 0.2) is 4.99 Å². The molecule has 0 aromatic carbocycles. The molecule has 6 heavy (non-hydrogen) atoms. The SMILES string of the molecule is N=C=NCCS. The van der Waals surface area contributed by atoms with Gasteiger partial charge in [-0.25, -0.2) is 10.4 Å². The zero-order valence-corrected chi connectivity index (χ0v) is 4.20. The fraction of sp³-hybridized carbons (Fsp3) is 0.667. The maximum absolute atomic E-state index is 6.26. The molecule has 34 valence electrons.